The molecule has 0 saturated carbocycles. The lowest BCUT2D eigenvalue weighted by Crippen LogP contribution is -2.18. The first-order valence-corrected chi connectivity index (χ1v) is 10.5. The van der Waals surface area contributed by atoms with Crippen LogP contribution in [0.5, 0.6) is 0 Å². The normalized spacial score (nSPS) is 10.5. The van der Waals surface area contributed by atoms with E-state index in [0.717, 1.165) is 47.5 Å². The molecular formula is C20H20BrN4O2S+. The molecule has 0 aliphatic heterocycles. The Bertz CT molecular complexity index is 976. The quantitative estimate of drug-likeness (QED) is 0.327. The number of carbonyl (C=O) groups excluding carboxylic acids is 1. The summed E-state index contributed by atoms with van der Waals surface area (Å²) >= 11 is 4.29. The maximum Gasteiger partial charge on any atom is 0.342 e. The highest BCUT2D eigenvalue weighted by atomic mass is 79.9. The van der Waals surface area contributed by atoms with Gasteiger partial charge in [-0.05, 0) is 52.3 Å². The average Bonchev–Trinajstić information content (AvgIpc) is 3.07. The van der Waals surface area contributed by atoms with E-state index in [9.17, 15) is 9.70 Å². The van der Waals surface area contributed by atoms with E-state index in [1.54, 1.807) is 0 Å². The van der Waals surface area contributed by atoms with Gasteiger partial charge in [-0.15, -0.1) is 4.91 Å². The lowest BCUT2D eigenvalue weighted by Gasteiger charge is -2.11. The number of aromatic amines is 1. The lowest BCUT2D eigenvalue weighted by atomic mass is 9.98. The Kier molecular flexibility index (Phi) is 6.89. The predicted octanol–water partition coefficient (Wildman–Crippen LogP) is 5.85. The van der Waals surface area contributed by atoms with Gasteiger partial charge in [0.15, 0.2) is 0 Å². The number of hydrogen-bond donors (Lipinski definition) is 2. The minimum Gasteiger partial charge on any atom is -0.385 e. The number of carbonyl (C=O) groups is 1. The third-order valence-corrected chi connectivity index (χ3v) is 5.84. The molecule has 3 aromatic rings. The second-order valence-corrected chi connectivity index (χ2v) is 7.92. The Balaban J connectivity index is 1.91. The van der Waals surface area contributed by atoms with E-state index in [1.807, 2.05) is 48.5 Å². The van der Waals surface area contributed by atoms with Crippen molar-refractivity contribution in [2.24, 2.45) is 5.18 Å². The number of nitroso groups, excluding NO2 is 1. The van der Waals surface area contributed by atoms with Crippen molar-refractivity contribution in [3.8, 4) is 11.1 Å². The number of amides is 1. The molecule has 0 aliphatic carbocycles. The van der Waals surface area contributed by atoms with Crippen LogP contribution in [0.25, 0.3) is 11.1 Å². The molecule has 0 saturated heterocycles. The summed E-state index contributed by atoms with van der Waals surface area (Å²) in [6, 6.07) is 15.5. The first-order chi connectivity index (χ1) is 13.6. The van der Waals surface area contributed by atoms with E-state index in [-0.39, 0.29) is 10.9 Å². The molecule has 0 unspecified atom stereocenters. The van der Waals surface area contributed by atoms with Crippen molar-refractivity contribution in [3.05, 3.63) is 63.6 Å². The highest BCUT2D eigenvalue weighted by Gasteiger charge is 2.22. The summed E-state index contributed by atoms with van der Waals surface area (Å²) in [5, 5.41) is 9.81. The predicted molar refractivity (Wildman–Crippen MR) is 117 cm³/mol. The number of thiazole rings is 1. The zero-order chi connectivity index (χ0) is 19.9. The van der Waals surface area contributed by atoms with E-state index in [2.05, 4.69) is 43.6 Å². The average molecular weight is 460 g/mol. The molecule has 0 bridgehead atoms. The molecule has 28 heavy (non-hydrogen) atoms. The van der Waals surface area contributed by atoms with Crippen LogP contribution in [0.3, 0.4) is 0 Å². The Hall–Kier alpha value is -2.58. The summed E-state index contributed by atoms with van der Waals surface area (Å²) in [6.07, 6.45) is 2.20. The molecule has 1 heterocycles. The van der Waals surface area contributed by atoms with Crippen LogP contribution in [-0.4, -0.2) is 12.5 Å². The molecule has 6 nitrogen and oxygen atoms in total. The third-order valence-electron chi connectivity index (χ3n) is 4.13. The zero-order valence-corrected chi connectivity index (χ0v) is 17.7. The number of aromatic nitrogens is 1. The topological polar surface area (TPSA) is 84.7 Å². The largest absolute Gasteiger partial charge is 0.385 e. The van der Waals surface area contributed by atoms with Crippen molar-refractivity contribution in [1.29, 1.82) is 0 Å². The maximum absolute atomic E-state index is 12.9. The van der Waals surface area contributed by atoms with Gasteiger partial charge < -0.3 is 5.32 Å². The van der Waals surface area contributed by atoms with E-state index in [0.29, 0.717) is 15.3 Å². The molecule has 3 N–H and O–H groups in total. The van der Waals surface area contributed by atoms with E-state index >= 15 is 0 Å². The van der Waals surface area contributed by atoms with Gasteiger partial charge in [-0.25, -0.2) is 9.78 Å². The highest BCUT2D eigenvalue weighted by Crippen LogP contribution is 2.32. The van der Waals surface area contributed by atoms with Crippen molar-refractivity contribution >= 4 is 49.0 Å². The Morgan fingerprint density at radius 2 is 2.00 bits per heavy atom. The van der Waals surface area contributed by atoms with Gasteiger partial charge in [0.1, 0.15) is 0 Å². The Morgan fingerprint density at radius 1 is 1.21 bits per heavy atom. The summed E-state index contributed by atoms with van der Waals surface area (Å²) in [6.45, 7) is 3.03. The maximum atomic E-state index is 12.9. The van der Waals surface area contributed by atoms with Crippen LogP contribution in [0.2, 0.25) is 0 Å². The van der Waals surface area contributed by atoms with Crippen molar-refractivity contribution < 1.29 is 9.78 Å². The minimum atomic E-state index is -0.263. The van der Waals surface area contributed by atoms with Crippen molar-refractivity contribution in [3.63, 3.8) is 0 Å². The molecule has 0 radical (unpaired) electrons. The van der Waals surface area contributed by atoms with Gasteiger partial charge in [0.25, 0.3) is 0 Å². The number of nitrogens with one attached hydrogen (secondary N) is 3. The Morgan fingerprint density at radius 3 is 2.68 bits per heavy atom. The van der Waals surface area contributed by atoms with Crippen molar-refractivity contribution in [1.82, 2.24) is 0 Å². The number of rotatable bonds is 8. The summed E-state index contributed by atoms with van der Waals surface area (Å²) in [5.41, 5.74) is 3.31. The first-order valence-electron chi connectivity index (χ1n) is 8.92. The van der Waals surface area contributed by atoms with Gasteiger partial charge in [0.2, 0.25) is 9.60 Å². The first kappa shape index (κ1) is 20.2. The fraction of sp³-hybridized carbons (Fsp3) is 0.200. The number of anilines is 2. The number of unbranched alkanes of at least 4 members (excludes halogenated alkanes) is 1. The molecular weight excluding hydrogens is 440 g/mol. The molecule has 1 aromatic heterocycles. The van der Waals surface area contributed by atoms with Gasteiger partial charge in [-0.1, -0.05) is 43.7 Å². The van der Waals surface area contributed by atoms with Crippen molar-refractivity contribution in [2.45, 2.75) is 19.8 Å². The summed E-state index contributed by atoms with van der Waals surface area (Å²) in [5.74, 6) is -0.263. The number of benzene rings is 2. The highest BCUT2D eigenvalue weighted by molar-refractivity contribution is 9.10. The second kappa shape index (κ2) is 9.57. The SMILES string of the molecule is CCCCNc1ccc(C(=O)Nc2[nH+]c(Br)c(N=O)s2)c(-c2ccccc2)c1. The smallest absolute Gasteiger partial charge is 0.342 e. The molecule has 0 aliphatic rings. The molecule has 0 fully saturated rings. The molecule has 3 rings (SSSR count). The zero-order valence-electron chi connectivity index (χ0n) is 15.3. The van der Waals surface area contributed by atoms with Crippen LogP contribution in [-0.2, 0) is 0 Å². The summed E-state index contributed by atoms with van der Waals surface area (Å²) in [4.78, 5) is 26.6. The summed E-state index contributed by atoms with van der Waals surface area (Å²) < 4.78 is 0.446. The van der Waals surface area contributed by atoms with Gasteiger partial charge in [-0.3, -0.25) is 0 Å². The third kappa shape index (κ3) is 4.82. The molecule has 2 aromatic carbocycles. The van der Waals surface area contributed by atoms with Crippen LogP contribution in [0.4, 0.5) is 15.8 Å². The molecule has 1 amide bonds. The van der Waals surface area contributed by atoms with Crippen LogP contribution >= 0.6 is 27.3 Å². The number of H-pyrrole nitrogens is 1. The van der Waals surface area contributed by atoms with Crippen LogP contribution in [0.15, 0.2) is 58.3 Å². The lowest BCUT2D eigenvalue weighted by molar-refractivity contribution is -0.367. The molecule has 144 valence electrons. The van der Waals surface area contributed by atoms with Gasteiger partial charge in [0, 0.05) is 28.2 Å². The van der Waals surface area contributed by atoms with Gasteiger partial charge in [0.05, 0.1) is 5.56 Å². The van der Waals surface area contributed by atoms with Gasteiger partial charge in [-0.2, -0.15) is 5.32 Å². The standard InChI is InChI=1S/C20H19BrN4O2S/c1-2-3-11-22-14-9-10-15(16(12-14)13-7-5-4-6-8-13)18(26)24-20-23-17(21)19(25-27)28-20/h4-10,12,22H,2-3,11H2,1H3,(H,23,24,26)/p+1. The summed E-state index contributed by atoms with van der Waals surface area (Å²) in [7, 11) is 0. The minimum absolute atomic E-state index is 0.244. The molecule has 0 atom stereocenters. The van der Waals surface area contributed by atoms with Gasteiger partial charge >= 0.3 is 11.0 Å². The van der Waals surface area contributed by atoms with E-state index < -0.39 is 0 Å². The molecule has 8 heteroatoms. The van der Waals surface area contributed by atoms with E-state index in [1.165, 1.54) is 0 Å². The molecule has 0 spiro atoms. The van der Waals surface area contributed by atoms with Crippen LogP contribution < -0.4 is 15.6 Å². The fourth-order valence-electron chi connectivity index (χ4n) is 2.72. The van der Waals surface area contributed by atoms with Crippen LogP contribution in [0.1, 0.15) is 30.1 Å². The van der Waals surface area contributed by atoms with Crippen LogP contribution in [0, 0.1) is 4.91 Å². The number of halogens is 1. The number of hydrogen-bond acceptors (Lipinski definition) is 5. The second-order valence-electron chi connectivity index (χ2n) is 6.13. The van der Waals surface area contributed by atoms with Crippen molar-refractivity contribution in [2.75, 3.05) is 17.2 Å². The Labute approximate surface area is 175 Å². The monoisotopic (exact) mass is 459 g/mol. The number of nitrogens with zero attached hydrogens (tertiary/aromatic N) is 1. The fourth-order valence-corrected chi connectivity index (χ4v) is 4.04. The van der Waals surface area contributed by atoms with E-state index in [4.69, 9.17) is 0 Å².